The van der Waals surface area contributed by atoms with Crippen molar-refractivity contribution >= 4 is 0 Å². The molecule has 0 aliphatic rings. The summed E-state index contributed by atoms with van der Waals surface area (Å²) in [5, 5.41) is 3.73. The van der Waals surface area contributed by atoms with Crippen molar-refractivity contribution in [1.82, 2.24) is 5.32 Å². The van der Waals surface area contributed by atoms with Crippen molar-refractivity contribution in [2.24, 2.45) is 5.41 Å². The van der Waals surface area contributed by atoms with Crippen LogP contribution >= 0.6 is 0 Å². The molecule has 0 heterocycles. The molecule has 0 aromatic heterocycles. The third-order valence-electron chi connectivity index (χ3n) is 4.25. The summed E-state index contributed by atoms with van der Waals surface area (Å²) in [4.78, 5) is 0. The molecule has 1 unspecified atom stereocenters. The zero-order valence-corrected chi connectivity index (χ0v) is 14.3. The maximum Gasteiger partial charge on any atom is 0.0294 e. The van der Waals surface area contributed by atoms with Gasteiger partial charge in [0.2, 0.25) is 0 Å². The Hall–Kier alpha value is -0.820. The fourth-order valence-electron chi connectivity index (χ4n) is 2.71. The Kier molecular flexibility index (Phi) is 6.75. The quantitative estimate of drug-likeness (QED) is 0.612. The van der Waals surface area contributed by atoms with Crippen LogP contribution in [0.5, 0.6) is 0 Å². The van der Waals surface area contributed by atoms with Crippen LogP contribution in [-0.4, -0.2) is 6.54 Å². The van der Waals surface area contributed by atoms with Gasteiger partial charge in [-0.3, -0.25) is 0 Å². The highest BCUT2D eigenvalue weighted by atomic mass is 14.9. The van der Waals surface area contributed by atoms with Crippen LogP contribution in [0.15, 0.2) is 18.2 Å². The Balaban J connectivity index is 2.53. The first kappa shape index (κ1) is 17.2. The predicted octanol–water partition coefficient (Wildman–Crippen LogP) is 5.56. The van der Waals surface area contributed by atoms with E-state index in [0.29, 0.717) is 11.5 Å². The van der Waals surface area contributed by atoms with E-state index < -0.39 is 0 Å². The van der Waals surface area contributed by atoms with E-state index >= 15 is 0 Å². The topological polar surface area (TPSA) is 12.0 Å². The first-order valence-corrected chi connectivity index (χ1v) is 8.16. The van der Waals surface area contributed by atoms with Crippen LogP contribution in [0, 0.1) is 19.3 Å². The zero-order chi connectivity index (χ0) is 15.2. The Morgan fingerprint density at radius 3 is 2.50 bits per heavy atom. The second-order valence-electron chi connectivity index (χ2n) is 7.08. The van der Waals surface area contributed by atoms with Crippen molar-refractivity contribution in [2.45, 2.75) is 73.3 Å². The molecule has 0 spiro atoms. The lowest BCUT2D eigenvalue weighted by Gasteiger charge is -2.28. The largest absolute Gasteiger partial charge is 0.310 e. The smallest absolute Gasteiger partial charge is 0.0294 e. The SMILES string of the molecule is CCCCCC(C)(C)CNC(C)c1cc(C)ccc1C. The standard InChI is InChI=1S/C19H33N/c1-7-8-9-12-19(5,6)14-20-17(4)18-13-15(2)10-11-16(18)3/h10-11,13,17,20H,7-9,12,14H2,1-6H3. The van der Waals surface area contributed by atoms with Crippen molar-refractivity contribution in [3.05, 3.63) is 34.9 Å². The van der Waals surface area contributed by atoms with Gasteiger partial charge < -0.3 is 5.32 Å². The van der Waals surface area contributed by atoms with E-state index in [4.69, 9.17) is 0 Å². The van der Waals surface area contributed by atoms with Gasteiger partial charge in [0, 0.05) is 12.6 Å². The molecule has 0 amide bonds. The third-order valence-corrected chi connectivity index (χ3v) is 4.25. The van der Waals surface area contributed by atoms with Gasteiger partial charge in [0.25, 0.3) is 0 Å². The van der Waals surface area contributed by atoms with Gasteiger partial charge >= 0.3 is 0 Å². The lowest BCUT2D eigenvalue weighted by molar-refractivity contribution is 0.290. The van der Waals surface area contributed by atoms with Crippen molar-refractivity contribution in [2.75, 3.05) is 6.54 Å². The van der Waals surface area contributed by atoms with Crippen LogP contribution in [-0.2, 0) is 0 Å². The summed E-state index contributed by atoms with van der Waals surface area (Å²) in [6.07, 6.45) is 5.33. The maximum atomic E-state index is 3.73. The van der Waals surface area contributed by atoms with E-state index in [1.807, 2.05) is 0 Å². The van der Waals surface area contributed by atoms with Gasteiger partial charge in [-0.1, -0.05) is 63.8 Å². The number of rotatable bonds is 8. The zero-order valence-electron chi connectivity index (χ0n) is 14.3. The fraction of sp³-hybridized carbons (Fsp3) is 0.684. The first-order chi connectivity index (χ1) is 9.35. The molecule has 1 rings (SSSR count). The van der Waals surface area contributed by atoms with E-state index in [0.717, 1.165) is 6.54 Å². The summed E-state index contributed by atoms with van der Waals surface area (Å²) in [6.45, 7) is 14.8. The number of hydrogen-bond donors (Lipinski definition) is 1. The number of unbranched alkanes of at least 4 members (excludes halogenated alkanes) is 2. The van der Waals surface area contributed by atoms with Crippen molar-refractivity contribution in [1.29, 1.82) is 0 Å². The van der Waals surface area contributed by atoms with Crippen LogP contribution in [0.2, 0.25) is 0 Å². The molecule has 0 fully saturated rings. The average Bonchev–Trinajstić information content (AvgIpc) is 2.39. The summed E-state index contributed by atoms with van der Waals surface area (Å²) in [5.74, 6) is 0. The minimum atomic E-state index is 0.390. The molecule has 0 aliphatic heterocycles. The lowest BCUT2D eigenvalue weighted by Crippen LogP contribution is -2.31. The van der Waals surface area contributed by atoms with Gasteiger partial charge in [-0.2, -0.15) is 0 Å². The summed E-state index contributed by atoms with van der Waals surface area (Å²) in [5.41, 5.74) is 4.57. The molecule has 0 saturated heterocycles. The molecule has 0 aliphatic carbocycles. The highest BCUT2D eigenvalue weighted by Gasteiger charge is 2.19. The number of hydrogen-bond acceptors (Lipinski definition) is 1. The predicted molar refractivity (Wildman–Crippen MR) is 90.3 cm³/mol. The molecule has 1 atom stereocenters. The summed E-state index contributed by atoms with van der Waals surface area (Å²) in [6, 6.07) is 7.17. The molecular weight excluding hydrogens is 242 g/mol. The van der Waals surface area contributed by atoms with Crippen molar-refractivity contribution in [3.8, 4) is 0 Å². The highest BCUT2D eigenvalue weighted by Crippen LogP contribution is 2.25. The second kappa shape index (κ2) is 7.83. The number of nitrogens with one attached hydrogen (secondary N) is 1. The third kappa shape index (κ3) is 5.66. The van der Waals surface area contributed by atoms with Crippen molar-refractivity contribution < 1.29 is 0 Å². The van der Waals surface area contributed by atoms with Crippen molar-refractivity contribution in [3.63, 3.8) is 0 Å². The van der Waals surface area contributed by atoms with Gasteiger partial charge in [0.1, 0.15) is 0 Å². The van der Waals surface area contributed by atoms with Crippen LogP contribution < -0.4 is 5.32 Å². The molecule has 20 heavy (non-hydrogen) atoms. The molecule has 1 heteroatoms. The number of aryl methyl sites for hydroxylation is 2. The van der Waals surface area contributed by atoms with E-state index in [-0.39, 0.29) is 0 Å². The van der Waals surface area contributed by atoms with E-state index in [2.05, 4.69) is 65.1 Å². The normalized spacial score (nSPS) is 13.5. The minimum Gasteiger partial charge on any atom is -0.310 e. The van der Waals surface area contributed by atoms with Crippen LogP contribution in [0.1, 0.15) is 76.1 Å². The maximum absolute atomic E-state index is 3.73. The fourth-order valence-corrected chi connectivity index (χ4v) is 2.71. The van der Waals surface area contributed by atoms with E-state index in [9.17, 15) is 0 Å². The van der Waals surface area contributed by atoms with E-state index in [1.54, 1.807) is 0 Å². The molecule has 1 nitrogen and oxygen atoms in total. The van der Waals surface area contributed by atoms with Crippen LogP contribution in [0.25, 0.3) is 0 Å². The molecule has 0 saturated carbocycles. The highest BCUT2D eigenvalue weighted by molar-refractivity contribution is 5.32. The van der Waals surface area contributed by atoms with Gasteiger partial charge in [-0.15, -0.1) is 0 Å². The van der Waals surface area contributed by atoms with Gasteiger partial charge in [-0.25, -0.2) is 0 Å². The van der Waals surface area contributed by atoms with E-state index in [1.165, 1.54) is 42.4 Å². The van der Waals surface area contributed by atoms with Crippen LogP contribution in [0.4, 0.5) is 0 Å². The van der Waals surface area contributed by atoms with Gasteiger partial charge in [0.15, 0.2) is 0 Å². The Morgan fingerprint density at radius 2 is 1.85 bits per heavy atom. The molecule has 114 valence electrons. The first-order valence-electron chi connectivity index (χ1n) is 8.16. The average molecular weight is 275 g/mol. The Labute approximate surface area is 126 Å². The number of benzene rings is 1. The Morgan fingerprint density at radius 1 is 1.15 bits per heavy atom. The second-order valence-corrected chi connectivity index (χ2v) is 7.08. The molecule has 0 bridgehead atoms. The molecule has 1 aromatic carbocycles. The monoisotopic (exact) mass is 275 g/mol. The minimum absolute atomic E-state index is 0.390. The van der Waals surface area contributed by atoms with Gasteiger partial charge in [-0.05, 0) is 43.7 Å². The van der Waals surface area contributed by atoms with Gasteiger partial charge in [0.05, 0.1) is 0 Å². The summed E-state index contributed by atoms with van der Waals surface area (Å²) >= 11 is 0. The molecule has 1 aromatic rings. The molecular formula is C19H33N. The van der Waals surface area contributed by atoms with Crippen LogP contribution in [0.3, 0.4) is 0 Å². The summed E-state index contributed by atoms with van der Waals surface area (Å²) < 4.78 is 0. The molecule has 1 N–H and O–H groups in total. The summed E-state index contributed by atoms with van der Waals surface area (Å²) in [7, 11) is 0. The Bertz CT molecular complexity index is 406. The molecule has 0 radical (unpaired) electrons. The lowest BCUT2D eigenvalue weighted by atomic mass is 9.86.